The maximum Gasteiger partial charge on any atom is 0.273 e. The number of piperidine rings is 1. The lowest BCUT2D eigenvalue weighted by Crippen LogP contribution is -2.33. The molecule has 3 heterocycles. The topological polar surface area (TPSA) is 71.8 Å². The molecule has 1 aliphatic rings. The molecule has 144 valence electrons. The van der Waals surface area contributed by atoms with Crippen LogP contribution in [0.25, 0.3) is 0 Å². The lowest BCUT2D eigenvalue weighted by molar-refractivity contribution is 0.0915. The molecular weight excluding hydrogens is 370 g/mol. The highest BCUT2D eigenvalue weighted by molar-refractivity contribution is 7.10. The zero-order chi connectivity index (χ0) is 17.6. The summed E-state index contributed by atoms with van der Waals surface area (Å²) in [5.74, 6) is 0.285. The number of carbonyl (C=O) groups excluding carboxylic acids is 1. The van der Waals surface area contributed by atoms with Gasteiger partial charge in [0.05, 0.1) is 18.3 Å². The van der Waals surface area contributed by atoms with Crippen molar-refractivity contribution < 1.29 is 4.79 Å². The van der Waals surface area contributed by atoms with Crippen molar-refractivity contribution in [3.63, 3.8) is 0 Å². The highest BCUT2D eigenvalue weighted by Gasteiger charge is 2.25. The van der Waals surface area contributed by atoms with Crippen LogP contribution < -0.4 is 10.6 Å². The average molecular weight is 398 g/mol. The van der Waals surface area contributed by atoms with Crippen LogP contribution in [-0.4, -0.2) is 34.0 Å². The third-order valence-electron chi connectivity index (χ3n) is 5.08. The first-order chi connectivity index (χ1) is 12.2. The van der Waals surface area contributed by atoms with E-state index < -0.39 is 0 Å². The van der Waals surface area contributed by atoms with Crippen molar-refractivity contribution in [1.29, 1.82) is 0 Å². The summed E-state index contributed by atoms with van der Waals surface area (Å²) >= 11 is 1.69. The monoisotopic (exact) mass is 397 g/mol. The van der Waals surface area contributed by atoms with E-state index >= 15 is 0 Å². The van der Waals surface area contributed by atoms with Crippen LogP contribution in [0, 0.1) is 5.92 Å². The fraction of sp³-hybridized carbons (Fsp3) is 0.611. The minimum atomic E-state index is -0.134. The third kappa shape index (κ3) is 4.84. The zero-order valence-corrected chi connectivity index (χ0v) is 17.0. The minimum Gasteiger partial charge on any atom is -0.343 e. The molecule has 1 atom stereocenters. The third-order valence-corrected chi connectivity index (χ3v) is 6.04. The Kier molecular flexibility index (Phi) is 8.06. The van der Waals surface area contributed by atoms with E-state index in [1.165, 1.54) is 4.88 Å². The molecule has 0 aromatic carbocycles. The SMILES string of the molecule is CCC(CC)C(NC(=O)c1cn(C2CCNCC2)nn1)c1cccs1.Cl. The van der Waals surface area contributed by atoms with Crippen LogP contribution in [0.4, 0.5) is 0 Å². The van der Waals surface area contributed by atoms with Crippen molar-refractivity contribution in [3.8, 4) is 0 Å². The fourth-order valence-corrected chi connectivity index (χ4v) is 4.36. The predicted molar refractivity (Wildman–Crippen MR) is 107 cm³/mol. The number of thiophene rings is 1. The summed E-state index contributed by atoms with van der Waals surface area (Å²) in [6, 6.07) is 4.50. The molecule has 3 rings (SSSR count). The summed E-state index contributed by atoms with van der Waals surface area (Å²) in [6.07, 6.45) is 5.90. The number of amides is 1. The highest BCUT2D eigenvalue weighted by Crippen LogP contribution is 2.30. The first-order valence-corrected chi connectivity index (χ1v) is 10.1. The molecule has 2 aromatic rings. The summed E-state index contributed by atoms with van der Waals surface area (Å²) in [6.45, 7) is 6.32. The number of halogens is 1. The van der Waals surface area contributed by atoms with Crippen molar-refractivity contribution in [2.24, 2.45) is 5.92 Å². The molecule has 26 heavy (non-hydrogen) atoms. The Labute approximate surface area is 165 Å². The molecule has 2 N–H and O–H groups in total. The van der Waals surface area contributed by atoms with Crippen LogP contribution in [-0.2, 0) is 0 Å². The van der Waals surface area contributed by atoms with Gasteiger partial charge in [-0.05, 0) is 43.3 Å². The normalized spacial score (nSPS) is 16.3. The average Bonchev–Trinajstić information content (AvgIpc) is 3.34. The Balaban J connectivity index is 0.00000243. The first kappa shape index (κ1) is 20.9. The van der Waals surface area contributed by atoms with Gasteiger partial charge in [0.2, 0.25) is 0 Å². The summed E-state index contributed by atoms with van der Waals surface area (Å²) in [7, 11) is 0. The fourth-order valence-electron chi connectivity index (χ4n) is 3.50. The maximum atomic E-state index is 12.7. The molecule has 1 aliphatic heterocycles. The standard InChI is InChI=1S/C18H27N5OS.ClH/c1-3-13(4-2)17(16-6-5-11-25-16)20-18(24)15-12-23(22-21-15)14-7-9-19-10-8-14;/h5-6,11-14,17,19H,3-4,7-10H2,1-2H3,(H,20,24);1H. The number of nitrogens with one attached hydrogen (secondary N) is 2. The quantitative estimate of drug-likeness (QED) is 0.748. The van der Waals surface area contributed by atoms with Gasteiger partial charge >= 0.3 is 0 Å². The number of aromatic nitrogens is 3. The number of nitrogens with zero attached hydrogens (tertiary/aromatic N) is 3. The second-order valence-electron chi connectivity index (χ2n) is 6.61. The van der Waals surface area contributed by atoms with Gasteiger partial charge in [0.25, 0.3) is 5.91 Å². The molecule has 1 amide bonds. The van der Waals surface area contributed by atoms with Gasteiger partial charge in [0, 0.05) is 4.88 Å². The highest BCUT2D eigenvalue weighted by atomic mass is 35.5. The number of hydrogen-bond acceptors (Lipinski definition) is 5. The van der Waals surface area contributed by atoms with Gasteiger partial charge < -0.3 is 10.6 Å². The maximum absolute atomic E-state index is 12.7. The van der Waals surface area contributed by atoms with E-state index in [1.807, 2.05) is 10.7 Å². The van der Waals surface area contributed by atoms with E-state index in [-0.39, 0.29) is 24.4 Å². The molecular formula is C18H28ClN5OS. The van der Waals surface area contributed by atoms with Crippen molar-refractivity contribution >= 4 is 29.7 Å². The molecule has 0 saturated carbocycles. The summed E-state index contributed by atoms with van der Waals surface area (Å²) < 4.78 is 1.85. The molecule has 0 radical (unpaired) electrons. The van der Waals surface area contributed by atoms with Crippen LogP contribution >= 0.6 is 23.7 Å². The Morgan fingerprint density at radius 3 is 2.73 bits per heavy atom. The van der Waals surface area contributed by atoms with E-state index in [0.29, 0.717) is 17.7 Å². The van der Waals surface area contributed by atoms with Crippen LogP contribution in [0.15, 0.2) is 23.7 Å². The molecule has 6 nitrogen and oxygen atoms in total. The van der Waals surface area contributed by atoms with E-state index in [4.69, 9.17) is 0 Å². The van der Waals surface area contributed by atoms with Crippen LogP contribution in [0.1, 0.15) is 67.0 Å². The zero-order valence-electron chi connectivity index (χ0n) is 15.4. The molecule has 0 aliphatic carbocycles. The molecule has 1 fully saturated rings. The van der Waals surface area contributed by atoms with E-state index in [0.717, 1.165) is 38.8 Å². The smallest absolute Gasteiger partial charge is 0.273 e. The van der Waals surface area contributed by atoms with Gasteiger partial charge in [-0.2, -0.15) is 0 Å². The Morgan fingerprint density at radius 1 is 1.38 bits per heavy atom. The largest absolute Gasteiger partial charge is 0.343 e. The van der Waals surface area contributed by atoms with Gasteiger partial charge in [-0.25, -0.2) is 4.68 Å². The molecule has 1 unspecified atom stereocenters. The predicted octanol–water partition coefficient (Wildman–Crippen LogP) is 3.59. The molecule has 0 spiro atoms. The summed E-state index contributed by atoms with van der Waals surface area (Å²) in [5, 5.41) is 16.9. The van der Waals surface area contributed by atoms with Gasteiger partial charge in [0.1, 0.15) is 0 Å². The molecule has 8 heteroatoms. The number of carbonyl (C=O) groups is 1. The van der Waals surface area contributed by atoms with Gasteiger partial charge in [-0.3, -0.25) is 4.79 Å². The van der Waals surface area contributed by atoms with Crippen molar-refractivity contribution in [1.82, 2.24) is 25.6 Å². The lowest BCUT2D eigenvalue weighted by atomic mass is 9.93. The van der Waals surface area contributed by atoms with E-state index in [9.17, 15) is 4.79 Å². The van der Waals surface area contributed by atoms with Gasteiger partial charge in [-0.1, -0.05) is 38.0 Å². The van der Waals surface area contributed by atoms with Crippen molar-refractivity contribution in [2.45, 2.75) is 51.6 Å². The Bertz CT molecular complexity index is 665. The van der Waals surface area contributed by atoms with Crippen LogP contribution in [0.5, 0.6) is 0 Å². The van der Waals surface area contributed by atoms with Crippen LogP contribution in [0.2, 0.25) is 0 Å². The lowest BCUT2D eigenvalue weighted by Gasteiger charge is -2.25. The Hall–Kier alpha value is -1.44. The van der Waals surface area contributed by atoms with Crippen molar-refractivity contribution in [2.75, 3.05) is 13.1 Å². The summed E-state index contributed by atoms with van der Waals surface area (Å²) in [5.41, 5.74) is 0.408. The minimum absolute atomic E-state index is 0. The molecule has 0 bridgehead atoms. The molecule has 1 saturated heterocycles. The first-order valence-electron chi connectivity index (χ1n) is 9.19. The second kappa shape index (κ2) is 10.0. The molecule has 2 aromatic heterocycles. The Morgan fingerprint density at radius 2 is 2.12 bits per heavy atom. The number of rotatable bonds is 7. The summed E-state index contributed by atoms with van der Waals surface area (Å²) in [4.78, 5) is 13.9. The van der Waals surface area contributed by atoms with Gasteiger partial charge in [0.15, 0.2) is 5.69 Å². The number of hydrogen-bond donors (Lipinski definition) is 2. The van der Waals surface area contributed by atoms with E-state index in [1.54, 1.807) is 17.5 Å². The second-order valence-corrected chi connectivity index (χ2v) is 7.59. The van der Waals surface area contributed by atoms with Crippen LogP contribution in [0.3, 0.4) is 0 Å². The van der Waals surface area contributed by atoms with Crippen molar-refractivity contribution in [3.05, 3.63) is 34.3 Å². The van der Waals surface area contributed by atoms with E-state index in [2.05, 4.69) is 46.2 Å². The van der Waals surface area contributed by atoms with Gasteiger partial charge in [-0.15, -0.1) is 28.8 Å².